The summed E-state index contributed by atoms with van der Waals surface area (Å²) in [6, 6.07) is 0. The highest BCUT2D eigenvalue weighted by molar-refractivity contribution is 5.68. The van der Waals surface area contributed by atoms with Crippen molar-refractivity contribution in [3.63, 3.8) is 0 Å². The number of piperidine rings is 1. The first-order valence-electron chi connectivity index (χ1n) is 7.39. The number of aliphatic hydroxyl groups is 1. The quantitative estimate of drug-likeness (QED) is 0.795. The third-order valence-electron chi connectivity index (χ3n) is 4.58. The fraction of sp³-hybridized carbons (Fsp3) is 0.933. The predicted octanol–water partition coefficient (Wildman–Crippen LogP) is 2.51. The topological polar surface area (TPSA) is 49.8 Å². The number of rotatable bonds is 1. The molecule has 0 aromatic carbocycles. The Morgan fingerprint density at radius 3 is 2.21 bits per heavy atom. The highest BCUT2D eigenvalue weighted by Crippen LogP contribution is 2.42. The van der Waals surface area contributed by atoms with Crippen LogP contribution in [-0.2, 0) is 4.74 Å². The van der Waals surface area contributed by atoms with Crippen LogP contribution in [-0.4, -0.2) is 41.4 Å². The summed E-state index contributed by atoms with van der Waals surface area (Å²) in [5.74, 6) is 2.10. The van der Waals surface area contributed by atoms with E-state index in [4.69, 9.17) is 4.74 Å². The molecule has 1 saturated carbocycles. The lowest BCUT2D eigenvalue weighted by molar-refractivity contribution is -0.0279. The molecule has 2 rings (SSSR count). The zero-order valence-electron chi connectivity index (χ0n) is 12.6. The zero-order chi connectivity index (χ0) is 14.2. The van der Waals surface area contributed by atoms with Crippen molar-refractivity contribution in [1.29, 1.82) is 0 Å². The molecule has 1 amide bonds. The lowest BCUT2D eigenvalue weighted by Gasteiger charge is -2.48. The van der Waals surface area contributed by atoms with Gasteiger partial charge in [-0.2, -0.15) is 0 Å². The van der Waals surface area contributed by atoms with E-state index < -0.39 is 5.60 Å². The Labute approximate surface area is 116 Å². The summed E-state index contributed by atoms with van der Waals surface area (Å²) in [5, 5.41) is 9.36. The molecular weight excluding hydrogens is 242 g/mol. The molecular formula is C15H27NO3. The van der Waals surface area contributed by atoms with Crippen LogP contribution in [0.2, 0.25) is 0 Å². The monoisotopic (exact) mass is 269 g/mol. The normalized spacial score (nSPS) is 35.1. The van der Waals surface area contributed by atoms with Crippen LogP contribution in [0.25, 0.3) is 0 Å². The summed E-state index contributed by atoms with van der Waals surface area (Å²) in [7, 11) is 0. The van der Waals surface area contributed by atoms with Crippen LogP contribution in [0.5, 0.6) is 0 Å². The average molecular weight is 269 g/mol. The molecule has 4 nitrogen and oxygen atoms in total. The van der Waals surface area contributed by atoms with Gasteiger partial charge < -0.3 is 14.7 Å². The number of amides is 1. The van der Waals surface area contributed by atoms with Crippen molar-refractivity contribution in [2.45, 2.75) is 46.1 Å². The van der Waals surface area contributed by atoms with Gasteiger partial charge in [-0.25, -0.2) is 4.79 Å². The van der Waals surface area contributed by atoms with Gasteiger partial charge >= 0.3 is 6.09 Å². The number of ether oxygens (including phenoxy) is 1. The summed E-state index contributed by atoms with van der Waals surface area (Å²) < 4.78 is 5.47. The Morgan fingerprint density at radius 2 is 1.79 bits per heavy atom. The Morgan fingerprint density at radius 1 is 1.26 bits per heavy atom. The summed E-state index contributed by atoms with van der Waals surface area (Å²) in [6.07, 6.45) is 1.89. The molecule has 1 heterocycles. The van der Waals surface area contributed by atoms with Gasteiger partial charge in [0.2, 0.25) is 0 Å². The maximum absolute atomic E-state index is 12.2. The fourth-order valence-electron chi connectivity index (χ4n) is 3.51. The Hall–Kier alpha value is -0.770. The lowest BCUT2D eigenvalue weighted by Crippen LogP contribution is -2.52. The predicted molar refractivity (Wildman–Crippen MR) is 73.8 cm³/mol. The highest BCUT2D eigenvalue weighted by atomic mass is 16.6. The molecule has 1 N–H and O–H groups in total. The molecule has 19 heavy (non-hydrogen) atoms. The lowest BCUT2D eigenvalue weighted by atomic mass is 9.66. The molecule has 0 spiro atoms. The van der Waals surface area contributed by atoms with Crippen LogP contribution >= 0.6 is 0 Å². The minimum Gasteiger partial charge on any atom is -0.444 e. The van der Waals surface area contributed by atoms with E-state index in [-0.39, 0.29) is 12.7 Å². The van der Waals surface area contributed by atoms with Crippen LogP contribution in [0.3, 0.4) is 0 Å². The van der Waals surface area contributed by atoms with Gasteiger partial charge in [0.15, 0.2) is 0 Å². The minimum absolute atomic E-state index is 0.183. The van der Waals surface area contributed by atoms with E-state index in [9.17, 15) is 9.90 Å². The van der Waals surface area contributed by atoms with Gasteiger partial charge in [-0.05, 0) is 57.3 Å². The van der Waals surface area contributed by atoms with Gasteiger partial charge in [0, 0.05) is 19.7 Å². The molecule has 0 aromatic heterocycles. The number of nitrogens with zero attached hydrogens (tertiary/aromatic N) is 1. The van der Waals surface area contributed by atoms with Crippen molar-refractivity contribution in [1.82, 2.24) is 4.90 Å². The van der Waals surface area contributed by atoms with Gasteiger partial charge in [-0.15, -0.1) is 0 Å². The molecule has 1 saturated heterocycles. The molecule has 110 valence electrons. The number of likely N-dealkylation sites (tertiary alicyclic amines) is 1. The van der Waals surface area contributed by atoms with E-state index in [1.54, 1.807) is 0 Å². The summed E-state index contributed by atoms with van der Waals surface area (Å²) >= 11 is 0. The summed E-state index contributed by atoms with van der Waals surface area (Å²) in [5.41, 5.74) is -0.428. The minimum atomic E-state index is -0.428. The molecule has 4 atom stereocenters. The highest BCUT2D eigenvalue weighted by Gasteiger charge is 2.42. The Kier molecular flexibility index (Phi) is 4.09. The van der Waals surface area contributed by atoms with Crippen molar-refractivity contribution in [3.8, 4) is 0 Å². The molecule has 1 aliphatic heterocycles. The van der Waals surface area contributed by atoms with E-state index in [2.05, 4.69) is 6.92 Å². The number of hydrogen-bond donors (Lipinski definition) is 1. The number of carbonyl (C=O) groups excluding carboxylic acids is 1. The van der Waals surface area contributed by atoms with Crippen LogP contribution < -0.4 is 0 Å². The van der Waals surface area contributed by atoms with Crippen molar-refractivity contribution in [2.24, 2.45) is 23.7 Å². The van der Waals surface area contributed by atoms with Crippen LogP contribution in [0.4, 0.5) is 4.79 Å². The average Bonchev–Trinajstić information content (AvgIpc) is 2.26. The van der Waals surface area contributed by atoms with Gasteiger partial charge in [0.25, 0.3) is 0 Å². The standard InChI is InChI=1S/C15H27NO3/c1-10-12-5-11(9-17)6-13(10)8-16(7-12)14(18)19-15(2,3)4/h10-13,17H,5-9H2,1-4H3/t10-,11-,12-,13?/m1/s1. The maximum Gasteiger partial charge on any atom is 0.410 e. The van der Waals surface area contributed by atoms with Crippen molar-refractivity contribution < 1.29 is 14.6 Å². The van der Waals surface area contributed by atoms with E-state index in [0.29, 0.717) is 23.7 Å². The van der Waals surface area contributed by atoms with E-state index in [0.717, 1.165) is 25.9 Å². The number of aliphatic hydroxyl groups excluding tert-OH is 1. The smallest absolute Gasteiger partial charge is 0.410 e. The molecule has 2 bridgehead atoms. The molecule has 1 unspecified atom stereocenters. The second-order valence-corrected chi connectivity index (χ2v) is 7.28. The van der Waals surface area contributed by atoms with Gasteiger partial charge in [-0.1, -0.05) is 6.92 Å². The van der Waals surface area contributed by atoms with Crippen LogP contribution in [0.15, 0.2) is 0 Å². The van der Waals surface area contributed by atoms with E-state index in [1.165, 1.54) is 0 Å². The van der Waals surface area contributed by atoms with Crippen molar-refractivity contribution in [2.75, 3.05) is 19.7 Å². The fourth-order valence-corrected chi connectivity index (χ4v) is 3.51. The molecule has 4 heteroatoms. The first kappa shape index (κ1) is 14.6. The third kappa shape index (κ3) is 3.41. The Bertz CT molecular complexity index is 321. The van der Waals surface area contributed by atoms with E-state index in [1.807, 2.05) is 25.7 Å². The van der Waals surface area contributed by atoms with E-state index >= 15 is 0 Å². The third-order valence-corrected chi connectivity index (χ3v) is 4.58. The van der Waals surface area contributed by atoms with Crippen LogP contribution in [0, 0.1) is 23.7 Å². The molecule has 0 radical (unpaired) electrons. The van der Waals surface area contributed by atoms with Crippen LogP contribution in [0.1, 0.15) is 40.5 Å². The molecule has 2 fully saturated rings. The second kappa shape index (κ2) is 5.31. The first-order chi connectivity index (χ1) is 8.80. The SMILES string of the molecule is C[C@H]1C2C[C@H](CO)C[C@@H]1CN(C(=O)OC(C)(C)C)C2. The maximum atomic E-state index is 12.2. The number of fused-ring (bicyclic) bond motifs is 2. The molecule has 0 aromatic rings. The Balaban J connectivity index is 1.99. The second-order valence-electron chi connectivity index (χ2n) is 7.28. The van der Waals surface area contributed by atoms with Crippen molar-refractivity contribution in [3.05, 3.63) is 0 Å². The summed E-state index contributed by atoms with van der Waals surface area (Å²) in [6.45, 7) is 9.84. The number of carbonyl (C=O) groups is 1. The zero-order valence-corrected chi connectivity index (χ0v) is 12.6. The van der Waals surface area contributed by atoms with Gasteiger partial charge in [0.1, 0.15) is 5.60 Å². The van der Waals surface area contributed by atoms with Gasteiger partial charge in [0.05, 0.1) is 0 Å². The van der Waals surface area contributed by atoms with Gasteiger partial charge in [-0.3, -0.25) is 0 Å². The molecule has 1 aliphatic carbocycles. The van der Waals surface area contributed by atoms with Crippen molar-refractivity contribution >= 4 is 6.09 Å². The largest absolute Gasteiger partial charge is 0.444 e. The summed E-state index contributed by atoms with van der Waals surface area (Å²) in [4.78, 5) is 14.0. The number of hydrogen-bond acceptors (Lipinski definition) is 3. The molecule has 2 aliphatic rings. The first-order valence-corrected chi connectivity index (χ1v) is 7.39.